The van der Waals surface area contributed by atoms with Crippen molar-refractivity contribution in [3.05, 3.63) is 87.7 Å². The molecule has 4 aromatic rings. The van der Waals surface area contributed by atoms with Crippen LogP contribution in [-0.4, -0.2) is 69.7 Å². The number of aromatic nitrogens is 2. The number of aryl methyl sites for hydroxylation is 1. The van der Waals surface area contributed by atoms with Gasteiger partial charge in [-0.25, -0.2) is 4.98 Å². The van der Waals surface area contributed by atoms with Crippen LogP contribution in [0.2, 0.25) is 10.0 Å². The van der Waals surface area contributed by atoms with E-state index in [1.807, 2.05) is 48.7 Å². The summed E-state index contributed by atoms with van der Waals surface area (Å²) in [4.78, 5) is 53.0. The molecule has 1 amide bonds. The van der Waals surface area contributed by atoms with Gasteiger partial charge < -0.3 is 26.0 Å². The fraction of sp³-hybridized carbons (Fsp3) is 0.421. The molecule has 5 N–H and O–H groups in total. The number of aromatic amines is 1. The third kappa shape index (κ3) is 9.54. The molecule has 1 aliphatic heterocycles. The number of H-pyrrole nitrogens is 1. The number of pyridine rings is 1. The predicted molar refractivity (Wildman–Crippen MR) is 200 cm³/mol. The Labute approximate surface area is 307 Å². The zero-order valence-electron chi connectivity index (χ0n) is 28.3. The highest BCUT2D eigenvalue weighted by Gasteiger charge is 2.34. The van der Waals surface area contributed by atoms with E-state index >= 15 is 0 Å². The summed E-state index contributed by atoms with van der Waals surface area (Å²) in [5, 5.41) is 15.7. The topological polar surface area (TPSA) is 141 Å². The van der Waals surface area contributed by atoms with Gasteiger partial charge in [0.25, 0.3) is 0 Å². The van der Waals surface area contributed by atoms with Gasteiger partial charge in [-0.15, -0.1) is 0 Å². The number of ketones is 2. The summed E-state index contributed by atoms with van der Waals surface area (Å²) in [6, 6.07) is 13.8. The van der Waals surface area contributed by atoms with E-state index in [2.05, 4.69) is 15.3 Å². The average molecular weight is 739 g/mol. The number of carbonyl (C=O) groups excluding carboxylic acids is 3. The first-order valence-electron chi connectivity index (χ1n) is 17.2. The molecule has 5 rings (SSSR count). The van der Waals surface area contributed by atoms with Crippen LogP contribution in [0.15, 0.2) is 70.8 Å². The molecule has 0 radical (unpaired) electrons. The summed E-state index contributed by atoms with van der Waals surface area (Å²) < 4.78 is 0. The van der Waals surface area contributed by atoms with Crippen LogP contribution in [-0.2, 0) is 33.8 Å². The molecule has 2 aromatic heterocycles. The Balaban J connectivity index is 1.57. The molecule has 9 nitrogen and oxygen atoms in total. The van der Waals surface area contributed by atoms with E-state index in [1.54, 1.807) is 24.2 Å². The van der Waals surface area contributed by atoms with E-state index in [4.69, 9.17) is 28.9 Å². The molecule has 1 aliphatic rings. The number of nitrogens with two attached hydrogens (primary N) is 1. The van der Waals surface area contributed by atoms with Gasteiger partial charge in [-0.3, -0.25) is 14.4 Å². The number of halogens is 2. The second kappa shape index (κ2) is 18.3. The van der Waals surface area contributed by atoms with E-state index in [0.717, 1.165) is 38.9 Å². The van der Waals surface area contributed by atoms with Crippen LogP contribution in [0.1, 0.15) is 61.6 Å². The Hall–Kier alpha value is -3.25. The molecular formula is C38H45Cl2N5O4S. The number of Topliss-reactive ketones (excluding diaryl/α,β-unsaturated/α-hetero) is 2. The summed E-state index contributed by atoms with van der Waals surface area (Å²) in [6.07, 6.45) is 7.13. The lowest BCUT2D eigenvalue weighted by atomic mass is 9.89. The number of aliphatic hydroxyl groups excluding tert-OH is 1. The molecule has 50 heavy (non-hydrogen) atoms. The number of nitrogens with zero attached hydrogens (tertiary/aromatic N) is 2. The lowest BCUT2D eigenvalue weighted by Crippen LogP contribution is -2.47. The number of carbonyl (C=O) groups is 3. The van der Waals surface area contributed by atoms with Crippen LogP contribution in [0.5, 0.6) is 0 Å². The molecule has 0 aliphatic carbocycles. The van der Waals surface area contributed by atoms with Gasteiger partial charge in [0.05, 0.1) is 17.1 Å². The van der Waals surface area contributed by atoms with E-state index in [0.29, 0.717) is 66.7 Å². The van der Waals surface area contributed by atoms with Crippen molar-refractivity contribution in [2.45, 2.75) is 86.3 Å². The molecular weight excluding hydrogens is 693 g/mol. The van der Waals surface area contributed by atoms with Gasteiger partial charge in [-0.05, 0) is 79.6 Å². The Kier molecular flexibility index (Phi) is 13.9. The van der Waals surface area contributed by atoms with E-state index in [9.17, 15) is 19.5 Å². The van der Waals surface area contributed by atoms with Crippen LogP contribution < -0.4 is 11.1 Å². The summed E-state index contributed by atoms with van der Waals surface area (Å²) >= 11 is 14.7. The van der Waals surface area contributed by atoms with Crippen LogP contribution in [0.4, 0.5) is 0 Å². The maximum absolute atomic E-state index is 14.4. The molecule has 0 spiro atoms. The number of unbranched alkanes of at least 4 members (excludes halogenated alkanes) is 1. The number of amides is 1. The fourth-order valence-electron chi connectivity index (χ4n) is 6.64. The second-order valence-corrected chi connectivity index (χ2v) is 14.7. The third-order valence-corrected chi connectivity index (χ3v) is 11.3. The summed E-state index contributed by atoms with van der Waals surface area (Å²) in [5.74, 6) is -1.08. The van der Waals surface area contributed by atoms with Crippen molar-refractivity contribution >= 4 is 63.3 Å². The van der Waals surface area contributed by atoms with Crippen molar-refractivity contribution in [2.24, 2.45) is 11.7 Å². The van der Waals surface area contributed by atoms with Crippen molar-refractivity contribution in [2.75, 3.05) is 20.2 Å². The van der Waals surface area contributed by atoms with Crippen molar-refractivity contribution < 1.29 is 19.5 Å². The quantitative estimate of drug-likeness (QED) is 0.142. The summed E-state index contributed by atoms with van der Waals surface area (Å²) in [6.45, 7) is 0.764. The molecule has 2 aromatic carbocycles. The van der Waals surface area contributed by atoms with Gasteiger partial charge in [0.1, 0.15) is 5.03 Å². The Morgan fingerprint density at radius 3 is 2.62 bits per heavy atom. The number of rotatable bonds is 9. The molecule has 3 heterocycles. The fourth-order valence-corrected chi connectivity index (χ4v) is 8.32. The lowest BCUT2D eigenvalue weighted by molar-refractivity contribution is -0.143. The van der Waals surface area contributed by atoms with Gasteiger partial charge in [0, 0.05) is 78.6 Å². The summed E-state index contributed by atoms with van der Waals surface area (Å²) in [7, 11) is 1.68. The van der Waals surface area contributed by atoms with Crippen molar-refractivity contribution in [3.63, 3.8) is 0 Å². The van der Waals surface area contributed by atoms with Crippen molar-refractivity contribution in [1.82, 2.24) is 20.2 Å². The highest BCUT2D eigenvalue weighted by Crippen LogP contribution is 2.39. The van der Waals surface area contributed by atoms with Gasteiger partial charge in [-0.2, -0.15) is 0 Å². The molecule has 0 bridgehead atoms. The number of aliphatic hydroxyl groups is 1. The number of fused-ring (bicyclic) bond motifs is 3. The molecule has 266 valence electrons. The largest absolute Gasteiger partial charge is 0.396 e. The highest BCUT2D eigenvalue weighted by molar-refractivity contribution is 7.99. The first kappa shape index (κ1) is 38.0. The van der Waals surface area contributed by atoms with Crippen molar-refractivity contribution in [3.8, 4) is 0 Å². The van der Waals surface area contributed by atoms with Crippen LogP contribution in [0, 0.1) is 5.92 Å². The maximum atomic E-state index is 14.4. The molecule has 0 saturated heterocycles. The van der Waals surface area contributed by atoms with Crippen LogP contribution in [0.25, 0.3) is 10.9 Å². The maximum Gasteiger partial charge on any atom is 0.226 e. The van der Waals surface area contributed by atoms with E-state index in [1.165, 1.54) is 11.8 Å². The van der Waals surface area contributed by atoms with Gasteiger partial charge >= 0.3 is 0 Å². The molecule has 0 fully saturated rings. The minimum Gasteiger partial charge on any atom is -0.396 e. The highest BCUT2D eigenvalue weighted by atomic mass is 35.5. The minimum absolute atomic E-state index is 0.0129. The first-order valence-corrected chi connectivity index (χ1v) is 18.8. The minimum atomic E-state index is -0.777. The van der Waals surface area contributed by atoms with Crippen LogP contribution >= 0.6 is 35.0 Å². The van der Waals surface area contributed by atoms with Gasteiger partial charge in [0.15, 0.2) is 11.6 Å². The number of nitrogens with one attached hydrogen (secondary N) is 2. The monoisotopic (exact) mass is 737 g/mol. The van der Waals surface area contributed by atoms with Gasteiger partial charge in [-0.1, -0.05) is 65.7 Å². The molecule has 0 unspecified atom stereocenters. The first-order chi connectivity index (χ1) is 24.2. The zero-order chi connectivity index (χ0) is 35.6. The molecule has 12 heteroatoms. The summed E-state index contributed by atoms with van der Waals surface area (Å²) in [5.41, 5.74) is 9.36. The van der Waals surface area contributed by atoms with Crippen LogP contribution in [0.3, 0.4) is 0 Å². The van der Waals surface area contributed by atoms with E-state index in [-0.39, 0.29) is 36.9 Å². The Morgan fingerprint density at radius 1 is 1.00 bits per heavy atom. The zero-order valence-corrected chi connectivity index (χ0v) is 30.6. The number of para-hydroxylation sites is 1. The number of hydrogen-bond acceptors (Lipinski definition) is 8. The van der Waals surface area contributed by atoms with Crippen molar-refractivity contribution in [1.29, 1.82) is 0 Å². The molecule has 0 saturated carbocycles. The normalized spacial score (nSPS) is 19.7. The standard InChI is InChI=1S/C38H45Cl2N5O4S/c1-45-33(19-27-23-43-31-11-3-2-10-29(27)31)34(47)14-13-24-18-28(39)21-30(40)36(24)50-37-26(9-6-16-42-37)22-44-32(12-7-17-46)35(48)20-25(38(45)49)8-4-5-15-41/h2-3,6,9-11,16,18,21,23,25,32-33,43-44,46H,4-5,7-8,12-15,17,19-20,22,41H2,1H3/t25-,32+,33+/m1/s1. The van der Waals surface area contributed by atoms with E-state index < -0.39 is 18.0 Å². The van der Waals surface area contributed by atoms with Gasteiger partial charge in [0.2, 0.25) is 5.91 Å². The Morgan fingerprint density at radius 2 is 1.82 bits per heavy atom. The number of likely N-dealkylation sites (N-methyl/N-ethyl adjacent to an activating group) is 1. The third-order valence-electron chi connectivity index (χ3n) is 9.43. The number of hydrogen-bond donors (Lipinski definition) is 4. The average Bonchev–Trinajstić information content (AvgIpc) is 3.52. The predicted octanol–water partition coefficient (Wildman–Crippen LogP) is 6.54. The second-order valence-electron chi connectivity index (χ2n) is 12.9. The molecule has 3 atom stereocenters. The smallest absolute Gasteiger partial charge is 0.226 e. The SMILES string of the molecule is CN1C(=O)[C@H](CCCCN)CC(=O)[C@H](CCCO)NCc2cccnc2Sc2c(Cl)cc(Cl)cc2CCC(=O)[C@@H]1Cc1c[nH]c2ccccc12. The Bertz CT molecular complexity index is 1800. The lowest BCUT2D eigenvalue weighted by Gasteiger charge is -2.31. The number of benzene rings is 2.